The molecule has 1 saturated carbocycles. The topological polar surface area (TPSA) is 42.7 Å². The Morgan fingerprint density at radius 1 is 1.21 bits per heavy atom. The lowest BCUT2D eigenvalue weighted by Gasteiger charge is -2.28. The number of morpholine rings is 1. The van der Waals surface area contributed by atoms with Crippen LogP contribution in [-0.2, 0) is 4.74 Å². The molecule has 0 spiro atoms. The van der Waals surface area contributed by atoms with Gasteiger partial charge in [0.25, 0.3) is 0 Å². The van der Waals surface area contributed by atoms with Crippen molar-refractivity contribution in [2.24, 2.45) is 0 Å². The number of rotatable bonds is 2. The fourth-order valence-electron chi connectivity index (χ4n) is 2.48. The van der Waals surface area contributed by atoms with Crippen LogP contribution in [0.4, 0.5) is 5.82 Å². The zero-order valence-corrected chi connectivity index (χ0v) is 11.3. The van der Waals surface area contributed by atoms with Crippen molar-refractivity contribution in [2.45, 2.75) is 18.8 Å². The highest BCUT2D eigenvalue weighted by Crippen LogP contribution is 2.38. The van der Waals surface area contributed by atoms with Crippen LogP contribution in [0, 0.1) is 0 Å². The SMILES string of the molecule is Clc1cc(N2CCOCC2)n2nc(C3CC3)nc2c1. The third-order valence-electron chi connectivity index (χ3n) is 3.68. The van der Waals surface area contributed by atoms with Gasteiger partial charge in [-0.15, -0.1) is 5.10 Å². The normalized spacial score (nSPS) is 20.2. The van der Waals surface area contributed by atoms with Gasteiger partial charge in [-0.3, -0.25) is 0 Å². The van der Waals surface area contributed by atoms with E-state index in [1.165, 1.54) is 12.8 Å². The Labute approximate surface area is 116 Å². The molecule has 100 valence electrons. The maximum absolute atomic E-state index is 6.21. The molecule has 1 saturated heterocycles. The van der Waals surface area contributed by atoms with Crippen LogP contribution in [0.1, 0.15) is 24.6 Å². The number of aromatic nitrogens is 3. The van der Waals surface area contributed by atoms with E-state index in [-0.39, 0.29) is 0 Å². The molecule has 0 aromatic carbocycles. The number of hydrogen-bond acceptors (Lipinski definition) is 4. The van der Waals surface area contributed by atoms with E-state index < -0.39 is 0 Å². The van der Waals surface area contributed by atoms with Crippen molar-refractivity contribution in [3.63, 3.8) is 0 Å². The molecule has 19 heavy (non-hydrogen) atoms. The van der Waals surface area contributed by atoms with E-state index in [0.717, 1.165) is 43.6 Å². The highest BCUT2D eigenvalue weighted by atomic mass is 35.5. The Bertz CT molecular complexity index is 616. The van der Waals surface area contributed by atoms with Crippen molar-refractivity contribution in [2.75, 3.05) is 31.2 Å². The van der Waals surface area contributed by atoms with E-state index >= 15 is 0 Å². The molecule has 5 nitrogen and oxygen atoms in total. The van der Waals surface area contributed by atoms with Gasteiger partial charge in [0.15, 0.2) is 11.5 Å². The van der Waals surface area contributed by atoms with Crippen LogP contribution in [0.5, 0.6) is 0 Å². The van der Waals surface area contributed by atoms with Gasteiger partial charge in [0.2, 0.25) is 0 Å². The zero-order chi connectivity index (χ0) is 12.8. The first-order valence-electron chi connectivity index (χ1n) is 6.70. The lowest BCUT2D eigenvalue weighted by atomic mass is 10.3. The van der Waals surface area contributed by atoms with Gasteiger partial charge >= 0.3 is 0 Å². The van der Waals surface area contributed by atoms with E-state index in [1.807, 2.05) is 16.6 Å². The minimum absolute atomic E-state index is 0.552. The average Bonchev–Trinajstić information content (AvgIpc) is 3.19. The molecule has 0 amide bonds. The van der Waals surface area contributed by atoms with Gasteiger partial charge < -0.3 is 9.64 Å². The number of ether oxygens (including phenoxy) is 1. The summed E-state index contributed by atoms with van der Waals surface area (Å²) in [5.74, 6) is 2.53. The number of fused-ring (bicyclic) bond motifs is 1. The summed E-state index contributed by atoms with van der Waals surface area (Å²) >= 11 is 6.21. The van der Waals surface area contributed by atoms with Crippen LogP contribution in [0.25, 0.3) is 5.65 Å². The van der Waals surface area contributed by atoms with E-state index in [9.17, 15) is 0 Å². The Morgan fingerprint density at radius 3 is 2.74 bits per heavy atom. The van der Waals surface area contributed by atoms with Crippen LogP contribution in [-0.4, -0.2) is 40.9 Å². The fraction of sp³-hybridized carbons (Fsp3) is 0.538. The first-order chi connectivity index (χ1) is 9.31. The van der Waals surface area contributed by atoms with Crippen molar-refractivity contribution < 1.29 is 4.74 Å². The monoisotopic (exact) mass is 278 g/mol. The van der Waals surface area contributed by atoms with Gasteiger partial charge in [-0.2, -0.15) is 4.52 Å². The highest BCUT2D eigenvalue weighted by Gasteiger charge is 2.28. The first kappa shape index (κ1) is 11.5. The molecular formula is C13H15ClN4O. The van der Waals surface area contributed by atoms with E-state index in [0.29, 0.717) is 10.9 Å². The molecule has 2 aliphatic rings. The van der Waals surface area contributed by atoms with Crippen LogP contribution in [0.15, 0.2) is 12.1 Å². The predicted molar refractivity (Wildman–Crippen MR) is 73.0 cm³/mol. The van der Waals surface area contributed by atoms with Gasteiger partial charge in [-0.1, -0.05) is 11.6 Å². The molecule has 3 heterocycles. The summed E-state index contributed by atoms with van der Waals surface area (Å²) in [7, 11) is 0. The van der Waals surface area contributed by atoms with Gasteiger partial charge in [-0.05, 0) is 18.9 Å². The van der Waals surface area contributed by atoms with Crippen LogP contribution < -0.4 is 4.90 Å². The van der Waals surface area contributed by atoms with Crippen LogP contribution in [0.3, 0.4) is 0 Å². The van der Waals surface area contributed by atoms with Crippen molar-refractivity contribution in [1.82, 2.24) is 14.6 Å². The molecule has 0 bridgehead atoms. The summed E-state index contributed by atoms with van der Waals surface area (Å²) < 4.78 is 7.32. The number of hydrogen-bond donors (Lipinski definition) is 0. The maximum Gasteiger partial charge on any atom is 0.159 e. The van der Waals surface area contributed by atoms with Crippen LogP contribution >= 0.6 is 11.6 Å². The Balaban J connectivity index is 1.82. The van der Waals surface area contributed by atoms with Crippen molar-refractivity contribution in [3.05, 3.63) is 23.0 Å². The minimum atomic E-state index is 0.552. The molecule has 0 radical (unpaired) electrons. The van der Waals surface area contributed by atoms with Gasteiger partial charge in [0.1, 0.15) is 5.82 Å². The van der Waals surface area contributed by atoms with Crippen molar-refractivity contribution >= 4 is 23.1 Å². The number of anilines is 1. The third-order valence-corrected chi connectivity index (χ3v) is 3.90. The number of pyridine rings is 1. The average molecular weight is 279 g/mol. The molecule has 4 rings (SSSR count). The summed E-state index contributed by atoms with van der Waals surface area (Å²) in [4.78, 5) is 6.86. The molecule has 2 aromatic rings. The summed E-state index contributed by atoms with van der Waals surface area (Å²) in [5, 5.41) is 5.37. The van der Waals surface area contributed by atoms with Gasteiger partial charge in [-0.25, -0.2) is 4.98 Å². The molecule has 1 aliphatic carbocycles. The Kier molecular flexibility index (Phi) is 2.63. The second-order valence-electron chi connectivity index (χ2n) is 5.15. The smallest absolute Gasteiger partial charge is 0.159 e. The molecule has 6 heteroatoms. The molecule has 0 N–H and O–H groups in total. The molecule has 1 aliphatic heterocycles. The maximum atomic E-state index is 6.21. The second-order valence-corrected chi connectivity index (χ2v) is 5.58. The predicted octanol–water partition coefficient (Wildman–Crippen LogP) is 2.10. The molecular weight excluding hydrogens is 264 g/mol. The third kappa shape index (κ3) is 2.07. The summed E-state index contributed by atoms with van der Waals surface area (Å²) in [5.41, 5.74) is 0.843. The second kappa shape index (κ2) is 4.35. The number of halogens is 1. The summed E-state index contributed by atoms with van der Waals surface area (Å²) in [6, 6.07) is 3.84. The van der Waals surface area contributed by atoms with Gasteiger partial charge in [0.05, 0.1) is 13.2 Å². The molecule has 0 unspecified atom stereocenters. The summed E-state index contributed by atoms with van der Waals surface area (Å²) in [6.07, 6.45) is 2.41. The Morgan fingerprint density at radius 2 is 2.00 bits per heavy atom. The zero-order valence-electron chi connectivity index (χ0n) is 10.5. The lowest BCUT2D eigenvalue weighted by molar-refractivity contribution is 0.122. The lowest BCUT2D eigenvalue weighted by Crippen LogP contribution is -2.37. The largest absolute Gasteiger partial charge is 0.378 e. The molecule has 2 aromatic heterocycles. The fourth-order valence-corrected chi connectivity index (χ4v) is 2.68. The number of nitrogens with zero attached hydrogens (tertiary/aromatic N) is 4. The standard InChI is InChI=1S/C13H15ClN4O/c14-10-7-11-15-13(9-1-2-9)16-18(11)12(8-10)17-3-5-19-6-4-17/h7-9H,1-6H2. The van der Waals surface area contributed by atoms with Crippen molar-refractivity contribution in [1.29, 1.82) is 0 Å². The van der Waals surface area contributed by atoms with E-state index in [4.69, 9.17) is 16.3 Å². The van der Waals surface area contributed by atoms with Crippen LogP contribution in [0.2, 0.25) is 5.02 Å². The van der Waals surface area contributed by atoms with Gasteiger partial charge in [0, 0.05) is 30.1 Å². The first-order valence-corrected chi connectivity index (χ1v) is 7.08. The Hall–Kier alpha value is -1.33. The highest BCUT2D eigenvalue weighted by molar-refractivity contribution is 6.31. The van der Waals surface area contributed by atoms with E-state index in [2.05, 4.69) is 15.0 Å². The van der Waals surface area contributed by atoms with Crippen molar-refractivity contribution in [3.8, 4) is 0 Å². The molecule has 2 fully saturated rings. The summed E-state index contributed by atoms with van der Waals surface area (Å²) in [6.45, 7) is 3.23. The minimum Gasteiger partial charge on any atom is -0.378 e. The molecule has 0 atom stereocenters. The quantitative estimate of drug-likeness (QED) is 0.844. The van der Waals surface area contributed by atoms with E-state index in [1.54, 1.807) is 0 Å².